The Labute approximate surface area is 119 Å². The number of ether oxygens (including phenoxy) is 1. The molecular formula is C17H19NO2. The summed E-state index contributed by atoms with van der Waals surface area (Å²) < 4.78 is 5.44. The van der Waals surface area contributed by atoms with Crippen LogP contribution in [0, 0.1) is 0 Å². The van der Waals surface area contributed by atoms with E-state index in [0.717, 1.165) is 17.7 Å². The lowest BCUT2D eigenvalue weighted by Crippen LogP contribution is -2.16. The average Bonchev–Trinajstić information content (AvgIpc) is 2.90. The summed E-state index contributed by atoms with van der Waals surface area (Å²) in [6, 6.07) is 18.8. The van der Waals surface area contributed by atoms with Gasteiger partial charge in [0.1, 0.15) is 11.9 Å². The van der Waals surface area contributed by atoms with Gasteiger partial charge in [-0.1, -0.05) is 48.5 Å². The quantitative estimate of drug-likeness (QED) is 0.847. The number of para-hydroxylation sites is 1. The van der Waals surface area contributed by atoms with Crippen LogP contribution in [0.5, 0.6) is 5.75 Å². The molecule has 0 radical (unpaired) electrons. The average molecular weight is 269 g/mol. The van der Waals surface area contributed by atoms with Gasteiger partial charge in [0.15, 0.2) is 0 Å². The Bertz CT molecular complexity index is 570. The van der Waals surface area contributed by atoms with E-state index in [1.165, 1.54) is 5.56 Å². The van der Waals surface area contributed by atoms with Crippen molar-refractivity contribution in [2.75, 3.05) is 14.2 Å². The van der Waals surface area contributed by atoms with Gasteiger partial charge in [0.2, 0.25) is 0 Å². The molecule has 20 heavy (non-hydrogen) atoms. The molecule has 0 aromatic heterocycles. The van der Waals surface area contributed by atoms with Crippen molar-refractivity contribution in [1.82, 2.24) is 5.06 Å². The van der Waals surface area contributed by atoms with Gasteiger partial charge in [0.25, 0.3) is 0 Å². The zero-order valence-electron chi connectivity index (χ0n) is 11.8. The van der Waals surface area contributed by atoms with Crippen molar-refractivity contribution in [1.29, 1.82) is 0 Å². The molecule has 1 aliphatic rings. The second kappa shape index (κ2) is 5.65. The molecular weight excluding hydrogens is 250 g/mol. The second-order valence-corrected chi connectivity index (χ2v) is 5.04. The predicted octanol–water partition coefficient (Wildman–Crippen LogP) is 3.74. The number of hydroxylamine groups is 2. The number of hydrogen-bond donors (Lipinski definition) is 0. The Kier molecular flexibility index (Phi) is 3.72. The molecule has 3 heteroatoms. The Hall–Kier alpha value is -1.84. The third-order valence-corrected chi connectivity index (χ3v) is 3.84. The van der Waals surface area contributed by atoms with Crippen LogP contribution in [0.2, 0.25) is 0 Å². The van der Waals surface area contributed by atoms with Crippen LogP contribution in [0.1, 0.15) is 29.7 Å². The van der Waals surface area contributed by atoms with Gasteiger partial charge in [-0.3, -0.25) is 4.84 Å². The number of nitrogens with zero attached hydrogens (tertiary/aromatic N) is 1. The highest BCUT2D eigenvalue weighted by Gasteiger charge is 2.34. The summed E-state index contributed by atoms with van der Waals surface area (Å²) in [5, 5.41) is 1.95. The Balaban J connectivity index is 1.85. The van der Waals surface area contributed by atoms with Gasteiger partial charge in [-0.15, -0.1) is 0 Å². The smallest absolute Gasteiger partial charge is 0.124 e. The van der Waals surface area contributed by atoms with Crippen LogP contribution in [-0.4, -0.2) is 19.2 Å². The summed E-state index contributed by atoms with van der Waals surface area (Å²) in [6.45, 7) is 0. The molecule has 2 aromatic rings. The van der Waals surface area contributed by atoms with Crippen molar-refractivity contribution < 1.29 is 9.57 Å². The molecule has 1 aliphatic heterocycles. The molecule has 104 valence electrons. The van der Waals surface area contributed by atoms with Gasteiger partial charge in [-0.2, -0.15) is 5.06 Å². The first-order valence-electron chi connectivity index (χ1n) is 6.87. The number of hydrogen-bond acceptors (Lipinski definition) is 3. The van der Waals surface area contributed by atoms with E-state index in [1.54, 1.807) is 7.11 Å². The van der Waals surface area contributed by atoms with E-state index >= 15 is 0 Å². The minimum absolute atomic E-state index is 0.0429. The monoisotopic (exact) mass is 269 g/mol. The van der Waals surface area contributed by atoms with Crippen LogP contribution in [0.4, 0.5) is 0 Å². The van der Waals surface area contributed by atoms with Crippen LogP contribution < -0.4 is 4.74 Å². The molecule has 0 saturated carbocycles. The maximum absolute atomic E-state index is 6.01. The minimum Gasteiger partial charge on any atom is -0.496 e. The molecule has 0 aliphatic carbocycles. The number of methoxy groups -OCH3 is 1. The van der Waals surface area contributed by atoms with Crippen molar-refractivity contribution in [3.63, 3.8) is 0 Å². The largest absolute Gasteiger partial charge is 0.496 e. The first-order valence-corrected chi connectivity index (χ1v) is 6.87. The normalized spacial score (nSPS) is 22.9. The molecule has 2 aromatic carbocycles. The van der Waals surface area contributed by atoms with E-state index in [2.05, 4.69) is 30.3 Å². The fourth-order valence-electron chi connectivity index (χ4n) is 2.81. The van der Waals surface area contributed by atoms with Crippen LogP contribution in [0.3, 0.4) is 0 Å². The maximum Gasteiger partial charge on any atom is 0.124 e. The Morgan fingerprint density at radius 2 is 1.75 bits per heavy atom. The van der Waals surface area contributed by atoms with E-state index in [4.69, 9.17) is 9.57 Å². The molecule has 0 bridgehead atoms. The number of rotatable bonds is 3. The lowest BCUT2D eigenvalue weighted by Gasteiger charge is -2.17. The van der Waals surface area contributed by atoms with Crippen molar-refractivity contribution >= 4 is 0 Å². The standard InChI is InChI=1S/C17H19NO2/c1-18-15(13-8-4-3-5-9-13)12-17(20-18)14-10-6-7-11-16(14)19-2/h3-11,15,17H,12H2,1-2H3/t15-,17-/m1/s1. The summed E-state index contributed by atoms with van der Waals surface area (Å²) in [6.07, 6.45) is 0.974. The van der Waals surface area contributed by atoms with Crippen LogP contribution in [-0.2, 0) is 4.84 Å². The van der Waals surface area contributed by atoms with Crippen molar-refractivity contribution in [3.05, 3.63) is 65.7 Å². The summed E-state index contributed by atoms with van der Waals surface area (Å²) in [7, 11) is 3.69. The fourth-order valence-corrected chi connectivity index (χ4v) is 2.81. The maximum atomic E-state index is 6.01. The van der Waals surface area contributed by atoms with Crippen molar-refractivity contribution in [2.45, 2.75) is 18.6 Å². The van der Waals surface area contributed by atoms with E-state index < -0.39 is 0 Å². The van der Waals surface area contributed by atoms with Gasteiger partial charge in [0.05, 0.1) is 13.2 Å². The third-order valence-electron chi connectivity index (χ3n) is 3.84. The highest BCUT2D eigenvalue weighted by atomic mass is 16.7. The minimum atomic E-state index is 0.0429. The summed E-state index contributed by atoms with van der Waals surface area (Å²) in [4.78, 5) is 6.01. The van der Waals surface area contributed by atoms with Gasteiger partial charge in [0, 0.05) is 19.0 Å². The van der Waals surface area contributed by atoms with Crippen LogP contribution >= 0.6 is 0 Å². The molecule has 0 unspecified atom stereocenters. The lowest BCUT2D eigenvalue weighted by molar-refractivity contribution is -0.146. The molecule has 1 fully saturated rings. The molecule has 3 rings (SSSR count). The second-order valence-electron chi connectivity index (χ2n) is 5.04. The van der Waals surface area contributed by atoms with Crippen molar-refractivity contribution in [2.24, 2.45) is 0 Å². The van der Waals surface area contributed by atoms with Crippen LogP contribution in [0.25, 0.3) is 0 Å². The summed E-state index contributed by atoms with van der Waals surface area (Å²) >= 11 is 0. The molecule has 0 N–H and O–H groups in total. The zero-order chi connectivity index (χ0) is 13.9. The van der Waals surface area contributed by atoms with Gasteiger partial charge in [-0.05, 0) is 11.6 Å². The molecule has 1 saturated heterocycles. The zero-order valence-corrected chi connectivity index (χ0v) is 11.8. The topological polar surface area (TPSA) is 21.7 Å². The molecule has 0 spiro atoms. The molecule has 0 amide bonds. The van der Waals surface area contributed by atoms with Crippen molar-refractivity contribution in [3.8, 4) is 5.75 Å². The third kappa shape index (κ3) is 2.42. The first-order chi connectivity index (χ1) is 9.79. The van der Waals surface area contributed by atoms with Gasteiger partial charge in [-0.25, -0.2) is 0 Å². The van der Waals surface area contributed by atoms with Gasteiger partial charge < -0.3 is 4.74 Å². The van der Waals surface area contributed by atoms with E-state index in [0.29, 0.717) is 0 Å². The summed E-state index contributed by atoms with van der Waals surface area (Å²) in [5.41, 5.74) is 2.40. The number of benzene rings is 2. The van der Waals surface area contributed by atoms with Gasteiger partial charge >= 0.3 is 0 Å². The molecule has 1 heterocycles. The lowest BCUT2D eigenvalue weighted by atomic mass is 9.97. The fraction of sp³-hybridized carbons (Fsp3) is 0.294. The Morgan fingerprint density at radius 3 is 2.50 bits per heavy atom. The van der Waals surface area contributed by atoms with E-state index in [9.17, 15) is 0 Å². The first kappa shape index (κ1) is 13.2. The SMILES string of the molecule is COc1ccccc1[C@H]1C[C@H](c2ccccc2)N(C)O1. The van der Waals surface area contributed by atoms with E-state index in [1.807, 2.05) is 36.4 Å². The molecule has 3 nitrogen and oxygen atoms in total. The predicted molar refractivity (Wildman–Crippen MR) is 78.4 cm³/mol. The summed E-state index contributed by atoms with van der Waals surface area (Å²) in [5.74, 6) is 0.889. The Morgan fingerprint density at radius 1 is 1.05 bits per heavy atom. The highest BCUT2D eigenvalue weighted by Crippen LogP contribution is 2.42. The molecule has 2 atom stereocenters. The highest BCUT2D eigenvalue weighted by molar-refractivity contribution is 5.36. The van der Waals surface area contributed by atoms with E-state index in [-0.39, 0.29) is 12.1 Å². The van der Waals surface area contributed by atoms with Crippen LogP contribution in [0.15, 0.2) is 54.6 Å².